The van der Waals surface area contributed by atoms with E-state index >= 15 is 0 Å². The molecule has 0 bridgehead atoms. The van der Waals surface area contributed by atoms with Crippen LogP contribution in [-0.4, -0.2) is 38.0 Å². The van der Waals surface area contributed by atoms with Gasteiger partial charge >= 0.3 is 0 Å². The van der Waals surface area contributed by atoms with Gasteiger partial charge in [-0.2, -0.15) is 0 Å². The van der Waals surface area contributed by atoms with Crippen LogP contribution in [0.3, 0.4) is 0 Å². The number of carbonyl (C=O) groups is 2. The number of methoxy groups -OCH3 is 2. The molecule has 0 amide bonds. The summed E-state index contributed by atoms with van der Waals surface area (Å²) in [5, 5.41) is 0. The molecule has 0 saturated carbocycles. The van der Waals surface area contributed by atoms with Crippen molar-refractivity contribution in [2.75, 3.05) is 20.8 Å². The van der Waals surface area contributed by atoms with Gasteiger partial charge in [0.2, 0.25) is 0 Å². The molecule has 2 aliphatic rings. The van der Waals surface area contributed by atoms with E-state index in [2.05, 4.69) is 12.1 Å². The lowest BCUT2D eigenvalue weighted by atomic mass is 9.85. The summed E-state index contributed by atoms with van der Waals surface area (Å²) in [4.78, 5) is 25.8. The van der Waals surface area contributed by atoms with Crippen LogP contribution in [0.2, 0.25) is 0 Å². The maximum Gasteiger partial charge on any atom is 0.185 e. The van der Waals surface area contributed by atoms with Crippen molar-refractivity contribution in [2.24, 2.45) is 0 Å². The minimum atomic E-state index is -0.507. The number of ketones is 2. The zero-order chi connectivity index (χ0) is 32.3. The predicted molar refractivity (Wildman–Crippen MR) is 181 cm³/mol. The Morgan fingerprint density at radius 1 is 0.783 bits per heavy atom. The maximum atomic E-state index is 13.0. The van der Waals surface area contributed by atoms with Gasteiger partial charge in [-0.25, -0.2) is 0 Å². The summed E-state index contributed by atoms with van der Waals surface area (Å²) in [6.07, 6.45) is 11.5. The molecule has 0 saturated heterocycles. The lowest BCUT2D eigenvalue weighted by Crippen LogP contribution is -2.29. The fourth-order valence-electron chi connectivity index (χ4n) is 5.88. The third kappa shape index (κ3) is 6.38. The van der Waals surface area contributed by atoms with E-state index in [0.29, 0.717) is 41.4 Å². The van der Waals surface area contributed by atoms with Crippen LogP contribution in [0.25, 0.3) is 18.2 Å². The molecule has 2 heterocycles. The Morgan fingerprint density at radius 3 is 2.00 bits per heavy atom. The van der Waals surface area contributed by atoms with E-state index in [9.17, 15) is 9.59 Å². The summed E-state index contributed by atoms with van der Waals surface area (Å²) >= 11 is 0. The van der Waals surface area contributed by atoms with E-state index in [4.69, 9.17) is 18.9 Å². The van der Waals surface area contributed by atoms with Crippen molar-refractivity contribution in [3.63, 3.8) is 0 Å². The Morgan fingerprint density at radius 2 is 1.39 bits per heavy atom. The molecule has 232 valence electrons. The first kappa shape index (κ1) is 30.7. The number of hydrogen-bond donors (Lipinski definition) is 0. The molecule has 0 spiro atoms. The van der Waals surface area contributed by atoms with Crippen molar-refractivity contribution in [1.82, 2.24) is 0 Å². The largest absolute Gasteiger partial charge is 0.496 e. The molecule has 4 aromatic carbocycles. The second-order valence-electron chi connectivity index (χ2n) is 11.9. The Bertz CT molecular complexity index is 1870. The van der Waals surface area contributed by atoms with Crippen LogP contribution in [0.4, 0.5) is 0 Å². The fraction of sp³-hybridized carbons (Fsp3) is 0.200. The summed E-state index contributed by atoms with van der Waals surface area (Å²) in [7, 11) is 3.24. The van der Waals surface area contributed by atoms with E-state index < -0.39 is 5.60 Å². The van der Waals surface area contributed by atoms with Gasteiger partial charge in [0, 0.05) is 39.8 Å². The maximum absolute atomic E-state index is 13.0. The van der Waals surface area contributed by atoms with E-state index in [1.54, 1.807) is 56.7 Å². The number of carbonyl (C=O) groups excluding carboxylic acids is 2. The van der Waals surface area contributed by atoms with Crippen LogP contribution < -0.4 is 18.9 Å². The molecule has 1 atom stereocenters. The Kier molecular flexibility index (Phi) is 8.62. The van der Waals surface area contributed by atoms with Crippen molar-refractivity contribution in [3.05, 3.63) is 136 Å². The first-order valence-corrected chi connectivity index (χ1v) is 15.3. The second kappa shape index (κ2) is 12.9. The smallest absolute Gasteiger partial charge is 0.185 e. The molecular formula is C40H36O6. The van der Waals surface area contributed by atoms with Crippen molar-refractivity contribution >= 4 is 29.8 Å². The highest BCUT2D eigenvalue weighted by molar-refractivity contribution is 6.07. The first-order chi connectivity index (χ1) is 22.3. The summed E-state index contributed by atoms with van der Waals surface area (Å²) in [6, 6.07) is 24.3. The quantitative estimate of drug-likeness (QED) is 0.140. The highest BCUT2D eigenvalue weighted by atomic mass is 16.5. The minimum Gasteiger partial charge on any atom is -0.496 e. The standard InChI is InChI=1S/C40H36O6/c1-40(2)20-19-32-38-30(21-29(39(32)46-40)16-18-35(42)27-13-9-6-10-14-27)22-31(25-45-38)33-23-28(36(43-3)24-37(33)44-4)15-17-34(41)26-11-7-5-8-12-26/h5-21,23-24,31H,22,25H2,1-4H3/b17-15+,18-16+/t31-/m0/s1. The molecular weight excluding hydrogens is 576 g/mol. The van der Waals surface area contributed by atoms with Gasteiger partial charge in [-0.1, -0.05) is 60.7 Å². The minimum absolute atomic E-state index is 0.0453. The van der Waals surface area contributed by atoms with E-state index in [1.807, 2.05) is 74.5 Å². The third-order valence-corrected chi connectivity index (χ3v) is 8.25. The van der Waals surface area contributed by atoms with Crippen LogP contribution in [-0.2, 0) is 6.42 Å². The van der Waals surface area contributed by atoms with Crippen LogP contribution in [0, 0.1) is 0 Å². The van der Waals surface area contributed by atoms with Gasteiger partial charge in [0.25, 0.3) is 0 Å². The number of benzene rings is 4. The van der Waals surface area contributed by atoms with Crippen LogP contribution >= 0.6 is 0 Å². The number of ether oxygens (including phenoxy) is 4. The van der Waals surface area contributed by atoms with Crippen LogP contribution in [0.1, 0.15) is 68.3 Å². The molecule has 0 radical (unpaired) electrons. The highest BCUT2D eigenvalue weighted by Crippen LogP contribution is 2.47. The highest BCUT2D eigenvalue weighted by Gasteiger charge is 2.32. The average molecular weight is 613 g/mol. The van der Waals surface area contributed by atoms with E-state index in [1.165, 1.54) is 0 Å². The molecule has 0 N–H and O–H groups in total. The SMILES string of the molecule is COc1cc(OC)c([C@@H]2COc3c(cc(/C=C/C(=O)c4ccccc4)c4c3C=CC(C)(C)O4)C2)cc1/C=C/C(=O)c1ccccc1. The Labute approximate surface area is 269 Å². The first-order valence-electron chi connectivity index (χ1n) is 15.3. The number of fused-ring (bicyclic) bond motifs is 3. The summed E-state index contributed by atoms with van der Waals surface area (Å²) in [6.45, 7) is 4.43. The fourth-order valence-corrected chi connectivity index (χ4v) is 5.88. The molecule has 6 heteroatoms. The molecule has 0 fully saturated rings. The summed E-state index contributed by atoms with van der Waals surface area (Å²) < 4.78 is 24.4. The van der Waals surface area contributed by atoms with Gasteiger partial charge in [-0.3, -0.25) is 9.59 Å². The zero-order valence-electron chi connectivity index (χ0n) is 26.4. The predicted octanol–water partition coefficient (Wildman–Crippen LogP) is 8.40. The molecule has 0 unspecified atom stereocenters. The summed E-state index contributed by atoms with van der Waals surface area (Å²) in [5.41, 5.74) is 5.12. The van der Waals surface area contributed by atoms with Crippen molar-refractivity contribution in [3.8, 4) is 23.0 Å². The van der Waals surface area contributed by atoms with Gasteiger partial charge in [0.05, 0.1) is 26.4 Å². The molecule has 0 aliphatic carbocycles. The number of hydrogen-bond acceptors (Lipinski definition) is 6. The van der Waals surface area contributed by atoms with Gasteiger partial charge in [-0.15, -0.1) is 0 Å². The number of rotatable bonds is 9. The van der Waals surface area contributed by atoms with Crippen molar-refractivity contribution in [1.29, 1.82) is 0 Å². The van der Waals surface area contributed by atoms with Gasteiger partial charge in [0.15, 0.2) is 11.6 Å². The van der Waals surface area contributed by atoms with Gasteiger partial charge in [-0.05, 0) is 74.4 Å². The molecule has 2 aliphatic heterocycles. The number of allylic oxidation sites excluding steroid dienone is 2. The Hall–Kier alpha value is -5.36. The molecule has 6 nitrogen and oxygen atoms in total. The molecule has 6 rings (SSSR count). The van der Waals surface area contributed by atoms with Crippen LogP contribution in [0.15, 0.2) is 97.1 Å². The lowest BCUT2D eigenvalue weighted by Gasteiger charge is -2.34. The third-order valence-electron chi connectivity index (χ3n) is 8.25. The van der Waals surface area contributed by atoms with Crippen molar-refractivity contribution in [2.45, 2.75) is 31.8 Å². The van der Waals surface area contributed by atoms with Crippen molar-refractivity contribution < 1.29 is 28.5 Å². The average Bonchev–Trinajstić information content (AvgIpc) is 3.09. The van der Waals surface area contributed by atoms with E-state index in [0.717, 1.165) is 33.6 Å². The molecule has 0 aromatic heterocycles. The topological polar surface area (TPSA) is 71.1 Å². The van der Waals surface area contributed by atoms with Gasteiger partial charge < -0.3 is 18.9 Å². The molecule has 46 heavy (non-hydrogen) atoms. The zero-order valence-corrected chi connectivity index (χ0v) is 26.4. The van der Waals surface area contributed by atoms with Gasteiger partial charge in [0.1, 0.15) is 28.6 Å². The summed E-state index contributed by atoms with van der Waals surface area (Å²) in [5.74, 6) is 2.54. The lowest BCUT2D eigenvalue weighted by molar-refractivity contribution is 0.103. The monoisotopic (exact) mass is 612 g/mol. The normalized spacial score (nSPS) is 16.3. The second-order valence-corrected chi connectivity index (χ2v) is 11.9. The van der Waals surface area contributed by atoms with E-state index in [-0.39, 0.29) is 17.5 Å². The molecule has 4 aromatic rings. The Balaban J connectivity index is 1.36. The van der Waals surface area contributed by atoms with Crippen LogP contribution in [0.5, 0.6) is 23.0 Å².